The molecule has 2 aromatic carbocycles. The van der Waals surface area contributed by atoms with Crippen LogP contribution in [0.5, 0.6) is 0 Å². The second-order valence-electron chi connectivity index (χ2n) is 8.11. The first-order valence-electron chi connectivity index (χ1n) is 10.8. The van der Waals surface area contributed by atoms with Gasteiger partial charge in [-0.1, -0.05) is 83.7 Å². The van der Waals surface area contributed by atoms with Crippen molar-refractivity contribution in [3.05, 3.63) is 73.3 Å². The molecule has 3 rings (SSSR count). The molecule has 1 aliphatic rings. The zero-order chi connectivity index (χ0) is 20.6. The molecule has 1 unspecified atom stereocenters. The zero-order valence-electron chi connectivity index (χ0n) is 17.6. The molecule has 4 heteroatoms. The zero-order valence-corrected chi connectivity index (χ0v) is 20.2. The lowest BCUT2D eigenvalue weighted by Gasteiger charge is -2.49. The number of hydrogen-bond donors (Lipinski definition) is 1. The summed E-state index contributed by atoms with van der Waals surface area (Å²) in [6, 6.07) is 22.5. The predicted molar refractivity (Wildman–Crippen MR) is 135 cm³/mol. The second kappa shape index (κ2) is 10.9. The third-order valence-corrected chi connectivity index (χ3v) is 17.4. The summed E-state index contributed by atoms with van der Waals surface area (Å²) in [5, 5.41) is 13.0. The highest BCUT2D eigenvalue weighted by Crippen LogP contribution is 2.51. The van der Waals surface area contributed by atoms with E-state index in [0.717, 1.165) is 25.7 Å². The van der Waals surface area contributed by atoms with Crippen molar-refractivity contribution in [1.29, 1.82) is 0 Å². The van der Waals surface area contributed by atoms with E-state index in [1.807, 2.05) is 6.08 Å². The van der Waals surface area contributed by atoms with Crippen LogP contribution < -0.4 is 10.4 Å². The van der Waals surface area contributed by atoms with Crippen molar-refractivity contribution in [2.24, 2.45) is 5.92 Å². The van der Waals surface area contributed by atoms with Gasteiger partial charge in [0.15, 0.2) is 0 Å². The summed E-state index contributed by atoms with van der Waals surface area (Å²) >= 11 is 4.41. The summed E-state index contributed by atoms with van der Waals surface area (Å²) in [5.41, 5.74) is 0. The van der Waals surface area contributed by atoms with Gasteiger partial charge in [0.2, 0.25) is 0 Å². The Morgan fingerprint density at radius 2 is 1.55 bits per heavy atom. The van der Waals surface area contributed by atoms with E-state index in [0.29, 0.717) is 5.92 Å². The van der Waals surface area contributed by atoms with Gasteiger partial charge in [0.1, 0.15) is 8.07 Å². The van der Waals surface area contributed by atoms with Crippen LogP contribution in [-0.2, 0) is 0 Å². The number of allylic oxidation sites excluding steroid dienone is 1. The van der Waals surface area contributed by atoms with Crippen LogP contribution in [0.15, 0.2) is 73.3 Å². The number of aliphatic hydroxyl groups excluding tert-OH is 1. The standard InChI is InChI=1S/C25H34OS2Si/c1-3-4-12-22(21-26)17-18-25(27-19-11-20-28-25)29(2,23-13-7-5-8-14-23)24-15-9-6-10-16-24/h3,5-10,13-16,22,26H,1,4,11-12,17-21H2,2H3. The van der Waals surface area contributed by atoms with Gasteiger partial charge in [-0.2, -0.15) is 0 Å². The molecule has 1 N–H and O–H groups in total. The first kappa shape index (κ1) is 22.7. The fraction of sp³-hybridized carbons (Fsp3) is 0.440. The first-order valence-corrected chi connectivity index (χ1v) is 15.2. The van der Waals surface area contributed by atoms with Gasteiger partial charge in [0.05, 0.1) is 3.70 Å². The molecule has 1 saturated heterocycles. The quantitative estimate of drug-likeness (QED) is 0.396. The lowest BCUT2D eigenvalue weighted by atomic mass is 9.99. The molecule has 0 spiro atoms. The van der Waals surface area contributed by atoms with Gasteiger partial charge in [-0.25, -0.2) is 0 Å². The molecule has 1 atom stereocenters. The molecule has 0 radical (unpaired) electrons. The third kappa shape index (κ3) is 5.04. The van der Waals surface area contributed by atoms with Gasteiger partial charge < -0.3 is 5.11 Å². The number of benzene rings is 2. The maximum absolute atomic E-state index is 9.97. The SMILES string of the molecule is C=CCCC(CO)CCC1([Si](C)(c2ccccc2)c2ccccc2)SCCCS1. The van der Waals surface area contributed by atoms with Crippen LogP contribution in [0.4, 0.5) is 0 Å². The molecule has 0 bridgehead atoms. The molecule has 1 heterocycles. The minimum absolute atomic E-state index is 0.204. The Morgan fingerprint density at radius 3 is 2.03 bits per heavy atom. The van der Waals surface area contributed by atoms with Crippen LogP contribution in [0, 0.1) is 5.92 Å². The van der Waals surface area contributed by atoms with Crippen LogP contribution in [0.3, 0.4) is 0 Å². The van der Waals surface area contributed by atoms with E-state index in [2.05, 4.69) is 97.3 Å². The molecule has 2 aromatic rings. The molecule has 0 saturated carbocycles. The molecule has 1 aliphatic heterocycles. The van der Waals surface area contributed by atoms with E-state index in [9.17, 15) is 5.11 Å². The molecular weight excluding hydrogens is 408 g/mol. The molecular formula is C25H34OS2Si. The average molecular weight is 443 g/mol. The van der Waals surface area contributed by atoms with Crippen LogP contribution in [0.25, 0.3) is 0 Å². The largest absolute Gasteiger partial charge is 0.396 e. The Labute approximate surface area is 186 Å². The fourth-order valence-electron chi connectivity index (χ4n) is 4.48. The summed E-state index contributed by atoms with van der Waals surface area (Å²) in [6.07, 6.45) is 7.56. The topological polar surface area (TPSA) is 20.2 Å². The summed E-state index contributed by atoms with van der Waals surface area (Å²) in [7, 11) is -2.04. The highest BCUT2D eigenvalue weighted by molar-refractivity contribution is 8.21. The molecule has 0 aliphatic carbocycles. The smallest absolute Gasteiger partial charge is 0.142 e. The number of hydrogen-bond acceptors (Lipinski definition) is 3. The minimum atomic E-state index is -2.04. The van der Waals surface area contributed by atoms with Crippen LogP contribution >= 0.6 is 23.5 Å². The monoisotopic (exact) mass is 442 g/mol. The van der Waals surface area contributed by atoms with Gasteiger partial charge in [-0.05, 0) is 49.5 Å². The van der Waals surface area contributed by atoms with E-state index in [-0.39, 0.29) is 10.3 Å². The number of aliphatic hydroxyl groups is 1. The van der Waals surface area contributed by atoms with Crippen molar-refractivity contribution in [3.63, 3.8) is 0 Å². The Hall–Kier alpha value is -0.943. The normalized spacial score (nSPS) is 17.6. The van der Waals surface area contributed by atoms with E-state index >= 15 is 0 Å². The highest BCUT2D eigenvalue weighted by Gasteiger charge is 2.53. The molecule has 1 nitrogen and oxygen atoms in total. The minimum Gasteiger partial charge on any atom is -0.396 e. The van der Waals surface area contributed by atoms with Crippen molar-refractivity contribution in [3.8, 4) is 0 Å². The summed E-state index contributed by atoms with van der Waals surface area (Å²) in [4.78, 5) is 0. The molecule has 1 fully saturated rings. The van der Waals surface area contributed by atoms with Gasteiger partial charge in [0.25, 0.3) is 0 Å². The van der Waals surface area contributed by atoms with Crippen molar-refractivity contribution < 1.29 is 5.11 Å². The third-order valence-electron chi connectivity index (χ3n) is 6.34. The summed E-state index contributed by atoms with van der Waals surface area (Å²) < 4.78 is 0.204. The second-order valence-corrected chi connectivity index (χ2v) is 16.1. The van der Waals surface area contributed by atoms with Crippen LogP contribution in [0.1, 0.15) is 32.1 Å². The lowest BCUT2D eigenvalue weighted by Crippen LogP contribution is -2.69. The van der Waals surface area contributed by atoms with E-state index in [1.165, 1.54) is 28.3 Å². The molecule has 0 aromatic heterocycles. The van der Waals surface area contributed by atoms with Crippen LogP contribution in [0.2, 0.25) is 6.55 Å². The summed E-state index contributed by atoms with van der Waals surface area (Å²) in [6.45, 7) is 6.74. The number of thioether (sulfide) groups is 2. The lowest BCUT2D eigenvalue weighted by molar-refractivity contribution is 0.209. The molecule has 29 heavy (non-hydrogen) atoms. The van der Waals surface area contributed by atoms with Gasteiger partial charge in [-0.3, -0.25) is 0 Å². The Balaban J connectivity index is 2.01. The predicted octanol–water partition coefficient (Wildman–Crippen LogP) is 5.34. The Bertz CT molecular complexity index is 704. The summed E-state index contributed by atoms with van der Waals surface area (Å²) in [5.74, 6) is 2.86. The van der Waals surface area contributed by atoms with Crippen molar-refractivity contribution in [1.82, 2.24) is 0 Å². The van der Waals surface area contributed by atoms with Crippen molar-refractivity contribution >= 4 is 42.0 Å². The highest BCUT2D eigenvalue weighted by atomic mass is 32.2. The maximum atomic E-state index is 9.97. The maximum Gasteiger partial charge on any atom is 0.142 e. The molecule has 0 amide bonds. The first-order chi connectivity index (χ1) is 14.2. The average Bonchev–Trinajstić information content (AvgIpc) is 2.80. The Morgan fingerprint density at radius 1 is 1.00 bits per heavy atom. The van der Waals surface area contributed by atoms with E-state index in [4.69, 9.17) is 0 Å². The molecule has 156 valence electrons. The number of rotatable bonds is 10. The van der Waals surface area contributed by atoms with E-state index < -0.39 is 8.07 Å². The fourth-order valence-corrected chi connectivity index (χ4v) is 15.2. The van der Waals surface area contributed by atoms with Crippen LogP contribution in [-0.4, -0.2) is 35.0 Å². The van der Waals surface area contributed by atoms with Gasteiger partial charge >= 0.3 is 0 Å². The van der Waals surface area contributed by atoms with Crippen molar-refractivity contribution in [2.75, 3.05) is 18.1 Å². The van der Waals surface area contributed by atoms with Gasteiger partial charge in [-0.15, -0.1) is 30.1 Å². The van der Waals surface area contributed by atoms with E-state index in [1.54, 1.807) is 0 Å². The van der Waals surface area contributed by atoms with Gasteiger partial charge in [0, 0.05) is 6.61 Å². The Kier molecular flexibility index (Phi) is 8.54. The van der Waals surface area contributed by atoms with Crippen molar-refractivity contribution in [2.45, 2.75) is 42.4 Å².